The van der Waals surface area contributed by atoms with Crippen LogP contribution in [-0.2, 0) is 18.9 Å². The molecule has 0 saturated carbocycles. The Morgan fingerprint density at radius 1 is 0.889 bits per heavy atom. The number of ether oxygens (including phenoxy) is 5. The van der Waals surface area contributed by atoms with E-state index in [4.69, 9.17) is 23.7 Å². The normalized spacial score (nSPS) is 29.6. The molecule has 4 rings (SSSR count). The van der Waals surface area contributed by atoms with E-state index in [-0.39, 0.29) is 30.2 Å². The molecular formula is C29H40O7. The summed E-state index contributed by atoms with van der Waals surface area (Å²) >= 11 is 0. The van der Waals surface area contributed by atoms with Gasteiger partial charge in [0.25, 0.3) is 0 Å². The topological polar surface area (TPSA) is 86.6 Å². The lowest BCUT2D eigenvalue weighted by Gasteiger charge is -2.40. The molecule has 7 heteroatoms. The Morgan fingerprint density at radius 3 is 2.22 bits per heavy atom. The van der Waals surface area contributed by atoms with E-state index in [0.717, 1.165) is 17.5 Å². The number of phenols is 1. The van der Waals surface area contributed by atoms with Gasteiger partial charge in [-0.15, -0.1) is 0 Å². The molecule has 2 aliphatic heterocycles. The van der Waals surface area contributed by atoms with Crippen molar-refractivity contribution in [1.82, 2.24) is 0 Å². The predicted molar refractivity (Wildman–Crippen MR) is 136 cm³/mol. The maximum Gasteiger partial charge on any atom is 0.184 e. The largest absolute Gasteiger partial charge is 0.504 e. The van der Waals surface area contributed by atoms with E-state index >= 15 is 0 Å². The average Bonchev–Trinajstić information content (AvgIpc) is 2.85. The van der Waals surface area contributed by atoms with Gasteiger partial charge in [0.05, 0.1) is 37.1 Å². The molecule has 7 atom stereocenters. The number of benzene rings is 2. The third-order valence-corrected chi connectivity index (χ3v) is 6.86. The van der Waals surface area contributed by atoms with Crippen LogP contribution in [0.2, 0.25) is 0 Å². The van der Waals surface area contributed by atoms with Crippen LogP contribution in [0.25, 0.3) is 0 Å². The molecule has 2 fully saturated rings. The highest BCUT2D eigenvalue weighted by atomic mass is 16.7. The van der Waals surface area contributed by atoms with Gasteiger partial charge in [-0.3, -0.25) is 0 Å². The van der Waals surface area contributed by atoms with Gasteiger partial charge in [0.15, 0.2) is 24.1 Å². The van der Waals surface area contributed by atoms with Crippen LogP contribution in [0, 0.1) is 6.92 Å². The zero-order valence-corrected chi connectivity index (χ0v) is 21.8. The van der Waals surface area contributed by atoms with E-state index in [0.29, 0.717) is 38.0 Å². The van der Waals surface area contributed by atoms with Crippen LogP contribution >= 0.6 is 0 Å². The Morgan fingerprint density at radius 2 is 1.53 bits per heavy atom. The minimum atomic E-state index is -0.622. The minimum absolute atomic E-state index is 0.0284. The van der Waals surface area contributed by atoms with Gasteiger partial charge in [0.2, 0.25) is 0 Å². The molecule has 7 unspecified atom stereocenters. The second-order valence-corrected chi connectivity index (χ2v) is 9.96. The van der Waals surface area contributed by atoms with Crippen LogP contribution < -0.4 is 4.74 Å². The highest BCUT2D eigenvalue weighted by Crippen LogP contribution is 2.39. The lowest BCUT2D eigenvalue weighted by molar-refractivity contribution is -0.277. The first kappa shape index (κ1) is 26.9. The number of aromatic hydroxyl groups is 1. The molecule has 2 saturated heterocycles. The van der Waals surface area contributed by atoms with E-state index in [9.17, 15) is 10.2 Å². The van der Waals surface area contributed by atoms with E-state index < -0.39 is 18.7 Å². The van der Waals surface area contributed by atoms with E-state index in [1.165, 1.54) is 5.56 Å². The number of aliphatic hydroxyl groups excluding tert-OH is 1. The lowest BCUT2D eigenvalue weighted by atomic mass is 9.96. The smallest absolute Gasteiger partial charge is 0.184 e. The molecule has 2 aromatic rings. The summed E-state index contributed by atoms with van der Waals surface area (Å²) in [4.78, 5) is 0. The van der Waals surface area contributed by atoms with Gasteiger partial charge in [0, 0.05) is 24.0 Å². The zero-order chi connectivity index (χ0) is 25.7. The maximum atomic E-state index is 10.3. The summed E-state index contributed by atoms with van der Waals surface area (Å²) in [5, 5.41) is 20.5. The highest BCUT2D eigenvalue weighted by molar-refractivity contribution is 5.42. The summed E-state index contributed by atoms with van der Waals surface area (Å²) in [6, 6.07) is 13.4. The highest BCUT2D eigenvalue weighted by Gasteiger charge is 2.36. The quantitative estimate of drug-likeness (QED) is 0.456. The summed E-state index contributed by atoms with van der Waals surface area (Å²) < 4.78 is 30.7. The van der Waals surface area contributed by atoms with Crippen LogP contribution in [0.3, 0.4) is 0 Å². The third kappa shape index (κ3) is 6.99. The van der Waals surface area contributed by atoms with Crippen molar-refractivity contribution in [2.75, 3.05) is 6.61 Å². The molecule has 7 nitrogen and oxygen atoms in total. The standard InChI is InChI=1S/C29H40O7/c1-5-22(30)15-24-17-25(36-29(35-24)21-11-12-26(31)27(14-21)32-6-2)16-23-13-19(4)33-28(34-23)20-9-7-18(3)8-10-20/h7-12,14,19,22-25,28-31H,5-6,13,15-17H2,1-4H3. The molecule has 0 aliphatic carbocycles. The Bertz CT molecular complexity index is 963. The van der Waals surface area contributed by atoms with E-state index in [2.05, 4.69) is 38.1 Å². The van der Waals surface area contributed by atoms with Gasteiger partial charge in [-0.25, -0.2) is 0 Å². The summed E-state index contributed by atoms with van der Waals surface area (Å²) in [7, 11) is 0. The number of hydrogen-bond donors (Lipinski definition) is 2. The monoisotopic (exact) mass is 500 g/mol. The van der Waals surface area contributed by atoms with E-state index in [1.807, 2.05) is 13.8 Å². The van der Waals surface area contributed by atoms with Crippen LogP contribution in [0.4, 0.5) is 0 Å². The fourth-order valence-corrected chi connectivity index (χ4v) is 4.89. The second-order valence-electron chi connectivity index (χ2n) is 9.96. The predicted octanol–water partition coefficient (Wildman–Crippen LogP) is 5.72. The fraction of sp³-hybridized carbons (Fsp3) is 0.586. The van der Waals surface area contributed by atoms with Crippen molar-refractivity contribution in [1.29, 1.82) is 0 Å². The van der Waals surface area contributed by atoms with Crippen molar-refractivity contribution in [2.45, 2.75) is 103 Å². The molecular weight excluding hydrogens is 460 g/mol. The first-order valence-electron chi connectivity index (χ1n) is 13.2. The molecule has 2 heterocycles. The zero-order valence-electron chi connectivity index (χ0n) is 21.8. The van der Waals surface area contributed by atoms with Gasteiger partial charge in [-0.2, -0.15) is 0 Å². The van der Waals surface area contributed by atoms with Crippen LogP contribution in [0.1, 0.15) is 82.1 Å². The Kier molecular flexibility index (Phi) is 9.25. The summed E-state index contributed by atoms with van der Waals surface area (Å²) in [6.07, 6.45) is 1.67. The first-order chi connectivity index (χ1) is 17.3. The van der Waals surface area contributed by atoms with Crippen molar-refractivity contribution in [3.63, 3.8) is 0 Å². The molecule has 36 heavy (non-hydrogen) atoms. The van der Waals surface area contributed by atoms with Gasteiger partial charge in [-0.05, 0) is 52.2 Å². The summed E-state index contributed by atoms with van der Waals surface area (Å²) in [5.74, 6) is 0.481. The molecule has 2 aromatic carbocycles. The lowest BCUT2D eigenvalue weighted by Crippen LogP contribution is -2.40. The number of aliphatic hydroxyl groups is 1. The van der Waals surface area contributed by atoms with Crippen molar-refractivity contribution >= 4 is 0 Å². The van der Waals surface area contributed by atoms with Crippen molar-refractivity contribution in [3.8, 4) is 11.5 Å². The molecule has 2 aliphatic rings. The van der Waals surface area contributed by atoms with Crippen LogP contribution in [0.15, 0.2) is 42.5 Å². The second kappa shape index (κ2) is 12.4. The number of phenolic OH excluding ortho intramolecular Hbond substituents is 1. The molecule has 2 N–H and O–H groups in total. The maximum absolute atomic E-state index is 10.3. The van der Waals surface area contributed by atoms with Crippen LogP contribution in [-0.4, -0.2) is 47.3 Å². The Balaban J connectivity index is 1.49. The molecule has 0 radical (unpaired) electrons. The van der Waals surface area contributed by atoms with Crippen molar-refractivity contribution in [2.24, 2.45) is 0 Å². The number of aryl methyl sites for hydroxylation is 1. The number of rotatable bonds is 9. The SMILES string of the molecule is CCOc1cc(C2OC(CC(O)CC)CC(CC3CC(C)OC(c4ccc(C)cc4)O3)O2)ccc1O. The fourth-order valence-electron chi connectivity index (χ4n) is 4.89. The molecule has 198 valence electrons. The summed E-state index contributed by atoms with van der Waals surface area (Å²) in [6.45, 7) is 8.43. The van der Waals surface area contributed by atoms with Crippen LogP contribution in [0.5, 0.6) is 11.5 Å². The van der Waals surface area contributed by atoms with Gasteiger partial charge in [-0.1, -0.05) is 42.8 Å². The molecule has 0 aromatic heterocycles. The van der Waals surface area contributed by atoms with Crippen molar-refractivity contribution in [3.05, 3.63) is 59.2 Å². The average molecular weight is 501 g/mol. The Hall–Kier alpha value is -2.16. The molecule has 0 spiro atoms. The van der Waals surface area contributed by atoms with Gasteiger partial charge in [0.1, 0.15) is 0 Å². The first-order valence-corrected chi connectivity index (χ1v) is 13.2. The summed E-state index contributed by atoms with van der Waals surface area (Å²) in [5.41, 5.74) is 2.98. The van der Waals surface area contributed by atoms with Gasteiger partial charge >= 0.3 is 0 Å². The Labute approximate surface area is 214 Å². The molecule has 0 bridgehead atoms. The number of hydrogen-bond acceptors (Lipinski definition) is 7. The van der Waals surface area contributed by atoms with Crippen molar-refractivity contribution < 1.29 is 33.9 Å². The van der Waals surface area contributed by atoms with Gasteiger partial charge < -0.3 is 33.9 Å². The minimum Gasteiger partial charge on any atom is -0.504 e. The molecule has 0 amide bonds. The van der Waals surface area contributed by atoms with E-state index in [1.54, 1.807) is 18.2 Å². The third-order valence-electron chi connectivity index (χ3n) is 6.86.